The fourth-order valence-corrected chi connectivity index (χ4v) is 7.81. The Morgan fingerprint density at radius 1 is 0.406 bits per heavy atom. The van der Waals surface area contributed by atoms with Crippen LogP contribution in [-0.4, -0.2) is 91.1 Å². The summed E-state index contributed by atoms with van der Waals surface area (Å²) in [6.07, 6.45) is 0. The summed E-state index contributed by atoms with van der Waals surface area (Å²) in [4.78, 5) is 0. The zero-order chi connectivity index (χ0) is 25.3. The van der Waals surface area contributed by atoms with Crippen molar-refractivity contribution >= 4 is 10.1 Å². The van der Waals surface area contributed by atoms with E-state index in [2.05, 4.69) is 0 Å². The molecule has 15 heteroatoms. The zero-order valence-electron chi connectivity index (χ0n) is 16.6. The fraction of sp³-hybridized carbons (Fsp3) is 1.00. The Labute approximate surface area is 177 Å². The molecule has 32 heavy (non-hydrogen) atoms. The minimum atomic E-state index is -6.60. The minimum absolute atomic E-state index is 2.57. The summed E-state index contributed by atoms with van der Waals surface area (Å²) in [5.74, 6) is 0. The van der Waals surface area contributed by atoms with Gasteiger partial charge in [-0.25, -0.2) is 4.39 Å². The molecule has 1 aliphatic carbocycles. The molecule has 0 radical (unpaired) electrons. The van der Waals surface area contributed by atoms with Gasteiger partial charge in [-0.2, -0.15) is 8.42 Å². The number of alkyl halides is 11. The van der Waals surface area contributed by atoms with Crippen LogP contribution in [0, 0.1) is 27.1 Å². The third kappa shape index (κ3) is 2.55. The highest BCUT2D eigenvalue weighted by atomic mass is 32.2. The lowest BCUT2D eigenvalue weighted by Gasteiger charge is -2.75. The summed E-state index contributed by atoms with van der Waals surface area (Å²) >= 11 is 0. The van der Waals surface area contributed by atoms with Crippen molar-refractivity contribution in [3.05, 3.63) is 0 Å². The van der Waals surface area contributed by atoms with E-state index in [9.17, 15) is 61.3 Å². The second kappa shape index (κ2) is 9.41. The van der Waals surface area contributed by atoms with E-state index in [1.807, 2.05) is 0 Å². The molecule has 0 atom stereocenters. The topological polar surface area (TPSA) is 54.4 Å². The minimum Gasteiger partial charge on any atom is -0.285 e. The summed E-state index contributed by atoms with van der Waals surface area (Å²) < 4.78 is 189. The number of rotatable bonds is 12. The molecule has 0 aliphatic heterocycles. The highest BCUT2D eigenvalue weighted by Crippen LogP contribution is 2.78. The van der Waals surface area contributed by atoms with Crippen LogP contribution in [-0.2, 0) is 10.1 Å². The molecular weight excluding hydrogens is 493 g/mol. The molecule has 0 spiro atoms. The average Bonchev–Trinajstić information content (AvgIpc) is 2.80. The normalized spacial score (nSPS) is 24.9. The smallest absolute Gasteiger partial charge is 0.274 e. The van der Waals surface area contributed by atoms with Crippen LogP contribution in [0.1, 0.15) is 0 Å². The molecule has 0 bridgehead atoms. The van der Waals surface area contributed by atoms with Crippen LogP contribution in [0.3, 0.4) is 0 Å². The molecule has 1 saturated carbocycles. The van der Waals surface area contributed by atoms with Crippen molar-refractivity contribution in [2.75, 3.05) is 73.4 Å². The van der Waals surface area contributed by atoms with Gasteiger partial charge in [0.15, 0.2) is 0 Å². The van der Waals surface area contributed by atoms with Crippen molar-refractivity contribution in [3.8, 4) is 0 Å². The van der Waals surface area contributed by atoms with E-state index >= 15 is 0 Å². The van der Waals surface area contributed by atoms with Crippen LogP contribution >= 0.6 is 0 Å². The molecule has 1 aliphatic rings. The van der Waals surface area contributed by atoms with E-state index in [0.29, 0.717) is 0 Å². The Morgan fingerprint density at radius 3 is 0.719 bits per heavy atom. The van der Waals surface area contributed by atoms with Crippen LogP contribution in [0.4, 0.5) is 48.3 Å². The molecule has 1 fully saturated rings. The maximum atomic E-state index is 14.6. The molecular formula is C17H23F11O3S. The van der Waals surface area contributed by atoms with E-state index in [1.54, 1.807) is 0 Å². The molecule has 0 heterocycles. The lowest BCUT2D eigenvalue weighted by atomic mass is 9.30. The fourth-order valence-electron chi connectivity index (χ4n) is 6.08. The third-order valence-corrected chi connectivity index (χ3v) is 9.89. The van der Waals surface area contributed by atoms with Crippen molar-refractivity contribution in [2.24, 2.45) is 27.1 Å². The van der Waals surface area contributed by atoms with Gasteiger partial charge in [-0.05, 0) is 0 Å². The molecule has 0 aromatic rings. The second-order valence-corrected chi connectivity index (χ2v) is 9.83. The van der Waals surface area contributed by atoms with Crippen LogP contribution in [0.2, 0.25) is 0 Å². The Balaban J connectivity index is 4.80. The first-order valence-corrected chi connectivity index (χ1v) is 10.5. The molecule has 0 aromatic carbocycles. The van der Waals surface area contributed by atoms with E-state index < -0.39 is 115 Å². The first-order chi connectivity index (χ1) is 14.9. The Kier molecular flexibility index (Phi) is 8.58. The van der Waals surface area contributed by atoms with Gasteiger partial charge in [0.2, 0.25) is 0 Å². The van der Waals surface area contributed by atoms with Gasteiger partial charge in [0.1, 0.15) is 38.1 Å². The van der Waals surface area contributed by atoms with Gasteiger partial charge >= 0.3 is 0 Å². The lowest BCUT2D eigenvalue weighted by molar-refractivity contribution is -0.331. The monoisotopic (exact) mass is 516 g/mol. The molecule has 192 valence electrons. The molecule has 0 saturated heterocycles. The van der Waals surface area contributed by atoms with E-state index in [4.69, 9.17) is 0 Å². The molecule has 0 amide bonds. The van der Waals surface area contributed by atoms with E-state index in [1.165, 1.54) is 0 Å². The van der Waals surface area contributed by atoms with Gasteiger partial charge in [0.05, 0.1) is 61.7 Å². The van der Waals surface area contributed by atoms with Crippen LogP contribution in [0.25, 0.3) is 0 Å². The van der Waals surface area contributed by atoms with Crippen molar-refractivity contribution < 1.29 is 61.3 Å². The Bertz CT molecular complexity index is 690. The molecule has 1 N–H and O–H groups in total. The van der Waals surface area contributed by atoms with E-state index in [0.717, 1.165) is 0 Å². The summed E-state index contributed by atoms with van der Waals surface area (Å²) in [6, 6.07) is 0. The van der Waals surface area contributed by atoms with Gasteiger partial charge in [0, 0.05) is 5.41 Å². The maximum absolute atomic E-state index is 14.6. The van der Waals surface area contributed by atoms with Gasteiger partial charge in [-0.1, -0.05) is 0 Å². The van der Waals surface area contributed by atoms with Crippen molar-refractivity contribution in [2.45, 2.75) is 4.75 Å². The molecule has 3 nitrogen and oxygen atoms in total. The second-order valence-electron chi connectivity index (χ2n) is 8.18. The largest absolute Gasteiger partial charge is 0.285 e. The standard InChI is InChI=1S/C17H23F11O3S/c18-1-12(2-19)13(3-20,4-21)15(7-24,8-25)17(11-28,32(29,30)31)16(9-26,10-27)14(12,5-22)6-23/h1-11H2,(H,29,30,31). The van der Waals surface area contributed by atoms with Gasteiger partial charge in [-0.3, -0.25) is 48.5 Å². The number of hydrogen-bond donors (Lipinski definition) is 1. The predicted molar refractivity (Wildman–Crippen MR) is 92.2 cm³/mol. The van der Waals surface area contributed by atoms with E-state index in [-0.39, 0.29) is 0 Å². The summed E-state index contributed by atoms with van der Waals surface area (Å²) in [6.45, 7) is -29.4. The zero-order valence-corrected chi connectivity index (χ0v) is 17.4. The summed E-state index contributed by atoms with van der Waals surface area (Å²) in [5, 5.41) is 0. The van der Waals surface area contributed by atoms with Gasteiger partial charge < -0.3 is 0 Å². The van der Waals surface area contributed by atoms with Gasteiger partial charge in [-0.15, -0.1) is 0 Å². The molecule has 0 aromatic heterocycles. The SMILES string of the molecule is O=S(=O)(O)C1(CF)C(CF)(CF)C(CF)(CF)C(CF)(CF)C(CF)(CF)C1(CF)CF. The summed E-state index contributed by atoms with van der Waals surface area (Å²) in [5.41, 5.74) is -20.5. The van der Waals surface area contributed by atoms with Crippen molar-refractivity contribution in [1.82, 2.24) is 0 Å². The first-order valence-electron chi connectivity index (χ1n) is 9.05. The highest BCUT2D eigenvalue weighted by molar-refractivity contribution is 7.87. The predicted octanol–water partition coefficient (Wildman–Crippen LogP) is 4.22. The quantitative estimate of drug-likeness (QED) is 0.312. The number of halogens is 11. The third-order valence-electron chi connectivity index (χ3n) is 8.12. The molecule has 1 rings (SSSR count). The Hall–Kier alpha value is -0.860. The number of hydrogen-bond acceptors (Lipinski definition) is 2. The Morgan fingerprint density at radius 2 is 0.594 bits per heavy atom. The average molecular weight is 516 g/mol. The van der Waals surface area contributed by atoms with Crippen LogP contribution in [0.15, 0.2) is 0 Å². The maximum Gasteiger partial charge on any atom is 0.274 e. The molecule has 0 unspecified atom stereocenters. The van der Waals surface area contributed by atoms with Crippen molar-refractivity contribution in [1.29, 1.82) is 0 Å². The van der Waals surface area contributed by atoms with Crippen molar-refractivity contribution in [3.63, 3.8) is 0 Å². The first kappa shape index (κ1) is 29.2. The lowest BCUT2D eigenvalue weighted by Crippen LogP contribution is -2.89. The summed E-state index contributed by atoms with van der Waals surface area (Å²) in [7, 11) is -6.60. The van der Waals surface area contributed by atoms with Gasteiger partial charge in [0.25, 0.3) is 10.1 Å². The van der Waals surface area contributed by atoms with Crippen LogP contribution < -0.4 is 0 Å². The van der Waals surface area contributed by atoms with Crippen LogP contribution in [0.5, 0.6) is 0 Å². The highest BCUT2D eigenvalue weighted by Gasteiger charge is 2.91.